The van der Waals surface area contributed by atoms with Crippen LogP contribution in [0.25, 0.3) is 0 Å². The minimum Gasteiger partial charge on any atom is -0.456 e. The number of aryl methyl sites for hydroxylation is 2. The molecule has 4 nitrogen and oxygen atoms in total. The molecular weight excluding hydrogens is 350 g/mol. The monoisotopic (exact) mass is 367 g/mol. The largest absolute Gasteiger partial charge is 0.456 e. The van der Waals surface area contributed by atoms with Gasteiger partial charge in [-0.15, -0.1) is 0 Å². The van der Waals surface area contributed by atoms with Gasteiger partial charge in [0, 0.05) is 17.4 Å². The van der Waals surface area contributed by atoms with Crippen LogP contribution in [-0.4, -0.2) is 18.5 Å². The van der Waals surface area contributed by atoms with E-state index in [0.717, 1.165) is 16.7 Å². The predicted molar refractivity (Wildman–Crippen MR) is 100 cm³/mol. The summed E-state index contributed by atoms with van der Waals surface area (Å²) in [6.45, 7) is 4.02. The summed E-state index contributed by atoms with van der Waals surface area (Å²) in [4.78, 5) is 27.0. The highest BCUT2D eigenvalue weighted by atomic mass is 35.5. The van der Waals surface area contributed by atoms with E-state index in [9.17, 15) is 9.59 Å². The molecule has 2 aromatic carbocycles. The first-order chi connectivity index (χ1) is 12.5. The van der Waals surface area contributed by atoms with Crippen LogP contribution < -0.4 is 4.90 Å². The molecule has 0 N–H and O–H groups in total. The molecule has 0 radical (unpaired) electrons. The van der Waals surface area contributed by atoms with Crippen molar-refractivity contribution in [2.45, 2.75) is 26.2 Å². The van der Waals surface area contributed by atoms with Crippen molar-refractivity contribution in [1.82, 2.24) is 0 Å². The van der Waals surface area contributed by atoms with Crippen LogP contribution in [0.5, 0.6) is 0 Å². The van der Waals surface area contributed by atoms with E-state index in [4.69, 9.17) is 16.3 Å². The number of halogens is 1. The third-order valence-electron chi connectivity index (χ3n) is 5.01. The van der Waals surface area contributed by atoms with Crippen molar-refractivity contribution in [3.63, 3.8) is 0 Å². The van der Waals surface area contributed by atoms with Gasteiger partial charge in [-0.05, 0) is 37.1 Å². The predicted octanol–water partition coefficient (Wildman–Crippen LogP) is 4.29. The minimum atomic E-state index is -0.346. The molecule has 2 aliphatic rings. The molecule has 5 heteroatoms. The first-order valence-corrected chi connectivity index (χ1v) is 8.89. The standard InChI is InChI=1S/C21H18ClNO3/c1-12-3-6-14(7-4-12)16-10-19(24)23(18-11-26-21(25)20(16)18)15-8-5-13(2)17(22)9-15/h3-9,16H,10-11H2,1-2H3. The Labute approximate surface area is 157 Å². The fourth-order valence-electron chi connectivity index (χ4n) is 3.56. The van der Waals surface area contributed by atoms with Crippen LogP contribution in [0.2, 0.25) is 5.02 Å². The third-order valence-corrected chi connectivity index (χ3v) is 5.42. The molecule has 0 saturated heterocycles. The lowest BCUT2D eigenvalue weighted by atomic mass is 9.84. The van der Waals surface area contributed by atoms with Gasteiger partial charge in [0.25, 0.3) is 0 Å². The summed E-state index contributed by atoms with van der Waals surface area (Å²) in [5, 5.41) is 0.586. The van der Waals surface area contributed by atoms with Gasteiger partial charge in [0.2, 0.25) is 5.91 Å². The smallest absolute Gasteiger partial charge is 0.336 e. The summed E-state index contributed by atoms with van der Waals surface area (Å²) in [5.74, 6) is -0.681. The number of amides is 1. The number of benzene rings is 2. The molecule has 0 aromatic heterocycles. The highest BCUT2D eigenvalue weighted by Crippen LogP contribution is 2.42. The fourth-order valence-corrected chi connectivity index (χ4v) is 3.73. The summed E-state index contributed by atoms with van der Waals surface area (Å²) < 4.78 is 5.29. The number of nitrogens with zero attached hydrogens (tertiary/aromatic N) is 1. The van der Waals surface area contributed by atoms with Crippen molar-refractivity contribution >= 4 is 29.2 Å². The van der Waals surface area contributed by atoms with Crippen molar-refractivity contribution in [3.05, 3.63) is 75.4 Å². The Kier molecular flexibility index (Phi) is 4.08. The van der Waals surface area contributed by atoms with Crippen LogP contribution >= 0.6 is 11.6 Å². The molecule has 0 spiro atoms. The number of rotatable bonds is 2. The van der Waals surface area contributed by atoms with Crippen LogP contribution in [0.4, 0.5) is 5.69 Å². The van der Waals surface area contributed by atoms with Gasteiger partial charge in [0.15, 0.2) is 0 Å². The highest BCUT2D eigenvalue weighted by molar-refractivity contribution is 6.31. The van der Waals surface area contributed by atoms with E-state index in [0.29, 0.717) is 22.0 Å². The lowest BCUT2D eigenvalue weighted by molar-refractivity contribution is -0.136. The van der Waals surface area contributed by atoms with Crippen molar-refractivity contribution in [2.24, 2.45) is 0 Å². The van der Waals surface area contributed by atoms with Crippen molar-refractivity contribution in [3.8, 4) is 0 Å². The maximum atomic E-state index is 13.0. The van der Waals surface area contributed by atoms with E-state index in [-0.39, 0.29) is 30.8 Å². The number of esters is 1. The van der Waals surface area contributed by atoms with Gasteiger partial charge in [-0.2, -0.15) is 0 Å². The molecule has 0 bridgehead atoms. The number of hydrogen-bond acceptors (Lipinski definition) is 3. The van der Waals surface area contributed by atoms with Crippen molar-refractivity contribution < 1.29 is 14.3 Å². The van der Waals surface area contributed by atoms with Crippen molar-refractivity contribution in [1.29, 1.82) is 0 Å². The number of carbonyl (C=O) groups excluding carboxylic acids is 2. The van der Waals surface area contributed by atoms with Crippen LogP contribution in [-0.2, 0) is 14.3 Å². The first kappa shape index (κ1) is 16.9. The molecule has 1 amide bonds. The van der Waals surface area contributed by atoms with E-state index in [1.54, 1.807) is 11.0 Å². The average Bonchev–Trinajstić information content (AvgIpc) is 2.99. The number of hydrogen-bond donors (Lipinski definition) is 0. The van der Waals surface area contributed by atoms with Gasteiger partial charge in [-0.1, -0.05) is 47.5 Å². The molecule has 2 aromatic rings. The maximum Gasteiger partial charge on any atom is 0.336 e. The Balaban J connectivity index is 1.82. The topological polar surface area (TPSA) is 46.6 Å². The van der Waals surface area contributed by atoms with Gasteiger partial charge in [0.05, 0.1) is 17.0 Å². The second-order valence-corrected chi connectivity index (χ2v) is 7.17. The molecule has 1 atom stereocenters. The molecule has 132 valence electrons. The van der Waals surface area contributed by atoms with Crippen LogP contribution in [0.3, 0.4) is 0 Å². The summed E-state index contributed by atoms with van der Waals surface area (Å²) in [6.07, 6.45) is 0.225. The molecule has 2 heterocycles. The van der Waals surface area contributed by atoms with Gasteiger partial charge in [0.1, 0.15) is 6.61 Å². The molecule has 0 aliphatic carbocycles. The van der Waals surface area contributed by atoms with E-state index in [1.807, 2.05) is 50.2 Å². The molecular formula is C21H18ClNO3. The van der Waals surface area contributed by atoms with Crippen LogP contribution in [0, 0.1) is 13.8 Å². The molecule has 2 aliphatic heterocycles. The van der Waals surface area contributed by atoms with Crippen LogP contribution in [0.15, 0.2) is 53.7 Å². The molecule has 26 heavy (non-hydrogen) atoms. The molecule has 1 unspecified atom stereocenters. The van der Waals surface area contributed by atoms with E-state index in [2.05, 4.69) is 0 Å². The quantitative estimate of drug-likeness (QED) is 0.744. The summed E-state index contributed by atoms with van der Waals surface area (Å²) in [5.41, 5.74) is 4.89. The maximum absolute atomic E-state index is 13.0. The molecule has 0 fully saturated rings. The fraction of sp³-hybridized carbons (Fsp3) is 0.238. The lowest BCUT2D eigenvalue weighted by Crippen LogP contribution is -2.37. The normalized spacial score (nSPS) is 19.7. The Hall–Kier alpha value is -2.59. The summed E-state index contributed by atoms with van der Waals surface area (Å²) >= 11 is 6.24. The zero-order valence-corrected chi connectivity index (χ0v) is 15.3. The summed E-state index contributed by atoms with van der Waals surface area (Å²) in [7, 11) is 0. The van der Waals surface area contributed by atoms with E-state index in [1.165, 1.54) is 0 Å². The Morgan fingerprint density at radius 3 is 2.50 bits per heavy atom. The van der Waals surface area contributed by atoms with Gasteiger partial charge >= 0.3 is 5.97 Å². The number of ether oxygens (including phenoxy) is 1. The average molecular weight is 368 g/mol. The van der Waals surface area contributed by atoms with Gasteiger partial charge in [-0.25, -0.2) is 4.79 Å². The second kappa shape index (κ2) is 6.29. The van der Waals surface area contributed by atoms with Gasteiger partial charge in [-0.3, -0.25) is 9.69 Å². The zero-order chi connectivity index (χ0) is 18.4. The first-order valence-electron chi connectivity index (χ1n) is 8.51. The second-order valence-electron chi connectivity index (χ2n) is 6.77. The molecule has 4 rings (SSSR count). The van der Waals surface area contributed by atoms with E-state index >= 15 is 0 Å². The van der Waals surface area contributed by atoms with Gasteiger partial charge < -0.3 is 4.74 Å². The van der Waals surface area contributed by atoms with Crippen molar-refractivity contribution in [2.75, 3.05) is 11.5 Å². The third kappa shape index (κ3) is 2.71. The SMILES string of the molecule is Cc1ccc(C2CC(=O)N(c3ccc(C)c(Cl)c3)C3=C2C(=O)OC3)cc1. The number of cyclic esters (lactones) is 1. The zero-order valence-electron chi connectivity index (χ0n) is 14.6. The molecule has 0 saturated carbocycles. The Morgan fingerprint density at radius 2 is 1.81 bits per heavy atom. The highest BCUT2D eigenvalue weighted by Gasteiger charge is 2.42. The van der Waals surface area contributed by atoms with Crippen LogP contribution in [0.1, 0.15) is 29.0 Å². The Morgan fingerprint density at radius 1 is 1.08 bits per heavy atom. The minimum absolute atomic E-state index is 0.0625. The number of carbonyl (C=O) groups is 2. The Bertz CT molecular complexity index is 946. The van der Waals surface area contributed by atoms with E-state index < -0.39 is 0 Å². The summed E-state index contributed by atoms with van der Waals surface area (Å²) in [6, 6.07) is 13.4. The lowest BCUT2D eigenvalue weighted by Gasteiger charge is -2.32. The number of anilines is 1.